The van der Waals surface area contributed by atoms with Crippen LogP contribution in [0.3, 0.4) is 0 Å². The highest BCUT2D eigenvalue weighted by atomic mass is 16.1. The lowest BCUT2D eigenvalue weighted by molar-refractivity contribution is 0.0660. The number of Topliss-reactive ketones (excluding diaryl/α,β-unsaturated/α-hetero) is 2. The Bertz CT molecular complexity index is 628. The lowest BCUT2D eigenvalue weighted by Gasteiger charge is -2.34. The van der Waals surface area contributed by atoms with E-state index in [1.807, 2.05) is 18.2 Å². The molecule has 0 aliphatic heterocycles. The number of carbonyl (C=O) groups is 2. The van der Waals surface area contributed by atoms with E-state index in [0.29, 0.717) is 23.3 Å². The van der Waals surface area contributed by atoms with Gasteiger partial charge in [0.2, 0.25) is 0 Å². The molecule has 1 aromatic rings. The summed E-state index contributed by atoms with van der Waals surface area (Å²) < 4.78 is 0. The minimum absolute atomic E-state index is 0.00181. The van der Waals surface area contributed by atoms with E-state index >= 15 is 0 Å². The van der Waals surface area contributed by atoms with Crippen molar-refractivity contribution in [3.63, 3.8) is 0 Å². The van der Waals surface area contributed by atoms with Gasteiger partial charge in [-0.2, -0.15) is 0 Å². The van der Waals surface area contributed by atoms with Crippen LogP contribution in [0.2, 0.25) is 0 Å². The monoisotopic (exact) mass is 282 g/mol. The van der Waals surface area contributed by atoms with Crippen LogP contribution in [0.4, 0.5) is 0 Å². The van der Waals surface area contributed by atoms with Crippen LogP contribution in [-0.4, -0.2) is 11.6 Å². The van der Waals surface area contributed by atoms with Gasteiger partial charge in [0.15, 0.2) is 11.6 Å². The summed E-state index contributed by atoms with van der Waals surface area (Å²) >= 11 is 0. The van der Waals surface area contributed by atoms with E-state index in [0.717, 1.165) is 36.8 Å². The molecule has 4 unspecified atom stereocenters. The highest BCUT2D eigenvalue weighted by molar-refractivity contribution is 6.17. The zero-order chi connectivity index (χ0) is 14.7. The molecular weight excluding hydrogens is 260 g/mol. The van der Waals surface area contributed by atoms with Crippen molar-refractivity contribution in [1.29, 1.82) is 0 Å². The molecule has 1 aromatic carbocycles. The first-order valence-electron chi connectivity index (χ1n) is 8.28. The van der Waals surface area contributed by atoms with Crippen molar-refractivity contribution in [1.82, 2.24) is 0 Å². The average Bonchev–Trinajstić information content (AvgIpc) is 3.05. The van der Waals surface area contributed by atoms with Crippen LogP contribution in [-0.2, 0) is 6.42 Å². The first-order chi connectivity index (χ1) is 10.1. The van der Waals surface area contributed by atoms with Gasteiger partial charge in [0.25, 0.3) is 0 Å². The normalized spacial score (nSPS) is 33.5. The van der Waals surface area contributed by atoms with Gasteiger partial charge in [-0.15, -0.1) is 0 Å². The molecular formula is C19H22O2. The average molecular weight is 282 g/mol. The van der Waals surface area contributed by atoms with Gasteiger partial charge in [0, 0.05) is 23.0 Å². The van der Waals surface area contributed by atoms with Gasteiger partial charge in [-0.1, -0.05) is 32.0 Å². The molecule has 2 fully saturated rings. The van der Waals surface area contributed by atoms with E-state index in [1.165, 1.54) is 0 Å². The molecule has 0 heterocycles. The van der Waals surface area contributed by atoms with E-state index in [-0.39, 0.29) is 23.4 Å². The standard InChI is InChI=1S/C19H22O2/c1-10(2)8-11-4-3-5-14-15(11)19(21)17-13-7-6-12(9-13)16(17)18(14)20/h3-5,10,12-13,16-17H,6-9H2,1-2H3. The maximum Gasteiger partial charge on any atom is 0.167 e. The smallest absolute Gasteiger partial charge is 0.167 e. The van der Waals surface area contributed by atoms with Gasteiger partial charge < -0.3 is 0 Å². The molecule has 2 saturated carbocycles. The molecule has 0 amide bonds. The van der Waals surface area contributed by atoms with Crippen molar-refractivity contribution in [3.05, 3.63) is 34.9 Å². The minimum Gasteiger partial charge on any atom is -0.294 e. The van der Waals surface area contributed by atoms with Crippen molar-refractivity contribution in [2.24, 2.45) is 29.6 Å². The molecule has 2 nitrogen and oxygen atoms in total. The summed E-state index contributed by atoms with van der Waals surface area (Å²) in [6.45, 7) is 4.32. The third-order valence-electron chi connectivity index (χ3n) is 5.81. The third-order valence-corrected chi connectivity index (χ3v) is 5.81. The molecule has 110 valence electrons. The molecule has 3 aliphatic rings. The highest BCUT2D eigenvalue weighted by Gasteiger charge is 2.56. The quantitative estimate of drug-likeness (QED) is 0.823. The number of hydrogen-bond acceptors (Lipinski definition) is 2. The molecule has 3 aliphatic carbocycles. The van der Waals surface area contributed by atoms with Gasteiger partial charge >= 0.3 is 0 Å². The van der Waals surface area contributed by atoms with Crippen LogP contribution in [0, 0.1) is 29.6 Å². The Labute approximate surface area is 125 Å². The van der Waals surface area contributed by atoms with Crippen LogP contribution in [0.1, 0.15) is 59.4 Å². The molecule has 0 saturated heterocycles. The Morgan fingerprint density at radius 1 is 1.05 bits per heavy atom. The maximum atomic E-state index is 13.1. The summed E-state index contributed by atoms with van der Waals surface area (Å²) in [5.74, 6) is 1.97. The van der Waals surface area contributed by atoms with Crippen molar-refractivity contribution in [3.8, 4) is 0 Å². The Balaban J connectivity index is 1.85. The van der Waals surface area contributed by atoms with Gasteiger partial charge in [0.05, 0.1) is 0 Å². The second-order valence-electron chi connectivity index (χ2n) is 7.55. The second kappa shape index (κ2) is 4.53. The number of hydrogen-bond donors (Lipinski definition) is 0. The molecule has 21 heavy (non-hydrogen) atoms. The zero-order valence-corrected chi connectivity index (χ0v) is 12.8. The fraction of sp³-hybridized carbons (Fsp3) is 0.579. The topological polar surface area (TPSA) is 34.1 Å². The second-order valence-corrected chi connectivity index (χ2v) is 7.55. The summed E-state index contributed by atoms with van der Waals surface area (Å²) in [5.41, 5.74) is 2.57. The zero-order valence-electron chi connectivity index (χ0n) is 12.8. The minimum atomic E-state index is -0.00272. The molecule has 2 heteroatoms. The Morgan fingerprint density at radius 3 is 2.38 bits per heavy atom. The van der Waals surface area contributed by atoms with E-state index in [4.69, 9.17) is 0 Å². The number of carbonyl (C=O) groups excluding carboxylic acids is 2. The van der Waals surface area contributed by atoms with Crippen molar-refractivity contribution < 1.29 is 9.59 Å². The number of fused-ring (bicyclic) bond motifs is 6. The van der Waals surface area contributed by atoms with E-state index in [2.05, 4.69) is 13.8 Å². The fourth-order valence-electron chi connectivity index (χ4n) is 5.10. The summed E-state index contributed by atoms with van der Waals surface area (Å²) in [4.78, 5) is 26.0. The first-order valence-corrected chi connectivity index (χ1v) is 8.28. The lowest BCUT2D eigenvalue weighted by Crippen LogP contribution is -2.40. The first kappa shape index (κ1) is 13.2. The van der Waals surface area contributed by atoms with E-state index in [1.54, 1.807) is 0 Å². The summed E-state index contributed by atoms with van der Waals surface area (Å²) in [6, 6.07) is 5.87. The molecule has 4 rings (SSSR count). The summed E-state index contributed by atoms with van der Waals surface area (Å²) in [5, 5.41) is 0. The number of ketones is 2. The predicted molar refractivity (Wildman–Crippen MR) is 81.5 cm³/mol. The number of benzene rings is 1. The summed E-state index contributed by atoms with van der Waals surface area (Å²) in [7, 11) is 0. The van der Waals surface area contributed by atoms with Crippen molar-refractivity contribution >= 4 is 11.6 Å². The van der Waals surface area contributed by atoms with Crippen molar-refractivity contribution in [2.45, 2.75) is 39.5 Å². The molecule has 0 spiro atoms. The van der Waals surface area contributed by atoms with E-state index in [9.17, 15) is 9.59 Å². The van der Waals surface area contributed by atoms with Crippen molar-refractivity contribution in [2.75, 3.05) is 0 Å². The fourth-order valence-corrected chi connectivity index (χ4v) is 5.10. The molecule has 0 aromatic heterocycles. The molecule has 2 bridgehead atoms. The van der Waals surface area contributed by atoms with E-state index < -0.39 is 0 Å². The Kier molecular flexibility index (Phi) is 2.85. The van der Waals surface area contributed by atoms with Gasteiger partial charge in [-0.25, -0.2) is 0 Å². The Morgan fingerprint density at radius 2 is 1.71 bits per heavy atom. The van der Waals surface area contributed by atoms with Crippen LogP contribution in [0.15, 0.2) is 18.2 Å². The molecule has 0 radical (unpaired) electrons. The third kappa shape index (κ3) is 1.77. The van der Waals surface area contributed by atoms with Crippen LogP contribution >= 0.6 is 0 Å². The molecule has 0 N–H and O–H groups in total. The van der Waals surface area contributed by atoms with Gasteiger partial charge in [-0.05, 0) is 49.0 Å². The Hall–Kier alpha value is -1.44. The highest BCUT2D eigenvalue weighted by Crippen LogP contribution is 2.56. The number of rotatable bonds is 2. The SMILES string of the molecule is CC(C)Cc1cccc2c1C(=O)C1C3CCC(C3)C1C2=O. The van der Waals surface area contributed by atoms with Gasteiger partial charge in [0.1, 0.15) is 0 Å². The molecule has 4 atom stereocenters. The maximum absolute atomic E-state index is 13.1. The van der Waals surface area contributed by atoms with Gasteiger partial charge in [-0.3, -0.25) is 9.59 Å². The summed E-state index contributed by atoms with van der Waals surface area (Å²) in [6.07, 6.45) is 4.27. The van der Waals surface area contributed by atoms with Crippen LogP contribution in [0.5, 0.6) is 0 Å². The van der Waals surface area contributed by atoms with Crippen LogP contribution < -0.4 is 0 Å². The largest absolute Gasteiger partial charge is 0.294 e. The van der Waals surface area contributed by atoms with Crippen LogP contribution in [0.25, 0.3) is 0 Å². The lowest BCUT2D eigenvalue weighted by atomic mass is 9.66. The predicted octanol–water partition coefficient (Wildman–Crippen LogP) is 3.93.